The number of aromatic nitrogens is 3. The van der Waals surface area contributed by atoms with Crippen molar-refractivity contribution in [3.63, 3.8) is 0 Å². The van der Waals surface area contributed by atoms with Crippen LogP contribution in [0.1, 0.15) is 23.0 Å². The summed E-state index contributed by atoms with van der Waals surface area (Å²) >= 11 is 0. The van der Waals surface area contributed by atoms with Crippen LogP contribution in [0.5, 0.6) is 0 Å². The maximum Gasteiger partial charge on any atom is 0.147 e. The molecule has 1 atom stereocenters. The van der Waals surface area contributed by atoms with Crippen molar-refractivity contribution in [3.05, 3.63) is 47.3 Å². The summed E-state index contributed by atoms with van der Waals surface area (Å²) in [5, 5.41) is 8.04. The lowest BCUT2D eigenvalue weighted by Crippen LogP contribution is -2.40. The zero-order chi connectivity index (χ0) is 14.1. The smallest absolute Gasteiger partial charge is 0.147 e. The molecule has 0 radical (unpaired) electrons. The Balaban J connectivity index is 1.89. The first kappa shape index (κ1) is 13.2. The number of benzene rings is 1. The molecule has 0 saturated carbocycles. The molecule has 0 aliphatic carbocycles. The van der Waals surface area contributed by atoms with Crippen LogP contribution in [0, 0.1) is 12.7 Å². The molecular formula is C14H18FN5. The van der Waals surface area contributed by atoms with E-state index in [9.17, 15) is 4.39 Å². The van der Waals surface area contributed by atoms with Crippen LogP contribution in [0.3, 0.4) is 0 Å². The molecule has 2 N–H and O–H groups in total. The lowest BCUT2D eigenvalue weighted by atomic mass is 9.99. The molecule has 2 heterocycles. The molecule has 1 unspecified atom stereocenters. The molecule has 5 nitrogen and oxygen atoms in total. The fourth-order valence-electron chi connectivity index (χ4n) is 2.79. The van der Waals surface area contributed by atoms with Crippen molar-refractivity contribution < 1.29 is 4.39 Å². The standard InChI is InChI=1S/C14H18FN5/c1-10-2-3-11(15)6-12(10)13(7-16)19-4-5-20-9-17-18-14(20)8-19/h2-3,6,9,13H,4-5,7-8,16H2,1H3. The molecule has 20 heavy (non-hydrogen) atoms. The minimum Gasteiger partial charge on any atom is -0.329 e. The quantitative estimate of drug-likeness (QED) is 0.915. The highest BCUT2D eigenvalue weighted by Gasteiger charge is 2.26. The SMILES string of the molecule is Cc1ccc(F)cc1C(CN)N1CCn2cnnc2C1. The molecule has 0 spiro atoms. The first-order chi connectivity index (χ1) is 9.69. The van der Waals surface area contributed by atoms with E-state index >= 15 is 0 Å². The topological polar surface area (TPSA) is 60.0 Å². The molecule has 0 fully saturated rings. The molecular weight excluding hydrogens is 257 g/mol. The lowest BCUT2D eigenvalue weighted by molar-refractivity contribution is 0.155. The maximum absolute atomic E-state index is 13.5. The molecule has 3 rings (SSSR count). The Hall–Kier alpha value is -1.79. The van der Waals surface area contributed by atoms with Crippen molar-refractivity contribution >= 4 is 0 Å². The number of hydrogen-bond donors (Lipinski definition) is 1. The van der Waals surface area contributed by atoms with Crippen LogP contribution in [0.4, 0.5) is 4.39 Å². The highest BCUT2D eigenvalue weighted by Crippen LogP contribution is 2.26. The number of fused-ring (bicyclic) bond motifs is 1. The summed E-state index contributed by atoms with van der Waals surface area (Å²) in [6.45, 7) is 4.84. The van der Waals surface area contributed by atoms with E-state index in [-0.39, 0.29) is 11.9 Å². The van der Waals surface area contributed by atoms with Gasteiger partial charge in [0.1, 0.15) is 18.0 Å². The summed E-state index contributed by atoms with van der Waals surface area (Å²) in [5.74, 6) is 0.716. The van der Waals surface area contributed by atoms with Crippen molar-refractivity contribution in [2.75, 3.05) is 13.1 Å². The third kappa shape index (κ3) is 2.32. The van der Waals surface area contributed by atoms with Crippen molar-refractivity contribution in [1.82, 2.24) is 19.7 Å². The summed E-state index contributed by atoms with van der Waals surface area (Å²) in [6.07, 6.45) is 1.75. The van der Waals surface area contributed by atoms with Gasteiger partial charge in [-0.05, 0) is 30.2 Å². The Morgan fingerprint density at radius 2 is 2.25 bits per heavy atom. The number of hydrogen-bond acceptors (Lipinski definition) is 4. The molecule has 0 amide bonds. The van der Waals surface area contributed by atoms with E-state index < -0.39 is 0 Å². The largest absolute Gasteiger partial charge is 0.329 e. The van der Waals surface area contributed by atoms with Gasteiger partial charge in [0.05, 0.1) is 6.54 Å². The lowest BCUT2D eigenvalue weighted by Gasteiger charge is -2.34. The normalized spacial score (nSPS) is 16.9. The first-order valence-electron chi connectivity index (χ1n) is 6.76. The van der Waals surface area contributed by atoms with Crippen molar-refractivity contribution in [1.29, 1.82) is 0 Å². The van der Waals surface area contributed by atoms with E-state index in [0.717, 1.165) is 30.0 Å². The first-order valence-corrected chi connectivity index (χ1v) is 6.76. The van der Waals surface area contributed by atoms with Crippen LogP contribution in [0.25, 0.3) is 0 Å². The predicted octanol–water partition coefficient (Wildman–Crippen LogP) is 1.24. The van der Waals surface area contributed by atoms with E-state index in [1.54, 1.807) is 18.5 Å². The highest BCUT2D eigenvalue weighted by atomic mass is 19.1. The average Bonchev–Trinajstić information content (AvgIpc) is 2.91. The van der Waals surface area contributed by atoms with Gasteiger partial charge in [0.25, 0.3) is 0 Å². The Bertz CT molecular complexity index is 609. The number of aryl methyl sites for hydroxylation is 1. The molecule has 1 aliphatic heterocycles. The fourth-order valence-corrected chi connectivity index (χ4v) is 2.79. The van der Waals surface area contributed by atoms with Gasteiger partial charge in [-0.3, -0.25) is 4.90 Å². The molecule has 2 aromatic rings. The Labute approximate surface area is 117 Å². The van der Waals surface area contributed by atoms with E-state index in [4.69, 9.17) is 5.73 Å². The number of nitrogens with two attached hydrogens (primary N) is 1. The van der Waals surface area contributed by atoms with Crippen LogP contribution >= 0.6 is 0 Å². The van der Waals surface area contributed by atoms with E-state index in [1.165, 1.54) is 6.07 Å². The van der Waals surface area contributed by atoms with Gasteiger partial charge in [-0.15, -0.1) is 10.2 Å². The average molecular weight is 275 g/mol. The minimum atomic E-state index is -0.218. The molecule has 1 aromatic carbocycles. The van der Waals surface area contributed by atoms with Gasteiger partial charge in [-0.25, -0.2) is 4.39 Å². The second kappa shape index (κ2) is 5.30. The summed E-state index contributed by atoms with van der Waals surface area (Å²) in [6, 6.07) is 4.89. The molecule has 106 valence electrons. The Morgan fingerprint density at radius 1 is 1.40 bits per heavy atom. The van der Waals surface area contributed by atoms with E-state index in [1.807, 2.05) is 11.5 Å². The summed E-state index contributed by atoms with van der Waals surface area (Å²) in [7, 11) is 0. The maximum atomic E-state index is 13.5. The van der Waals surface area contributed by atoms with Crippen molar-refractivity contribution in [2.45, 2.75) is 26.1 Å². The van der Waals surface area contributed by atoms with E-state index in [0.29, 0.717) is 13.1 Å². The highest BCUT2D eigenvalue weighted by molar-refractivity contribution is 5.30. The minimum absolute atomic E-state index is 0.0103. The second-order valence-corrected chi connectivity index (χ2v) is 5.16. The van der Waals surface area contributed by atoms with Gasteiger partial charge in [0, 0.05) is 25.7 Å². The fraction of sp³-hybridized carbons (Fsp3) is 0.429. The van der Waals surface area contributed by atoms with E-state index in [2.05, 4.69) is 15.1 Å². The van der Waals surface area contributed by atoms with Crippen molar-refractivity contribution in [2.24, 2.45) is 5.73 Å². The second-order valence-electron chi connectivity index (χ2n) is 5.16. The van der Waals surface area contributed by atoms with Gasteiger partial charge in [0.2, 0.25) is 0 Å². The molecule has 1 aromatic heterocycles. The van der Waals surface area contributed by atoms with Gasteiger partial charge in [0.15, 0.2) is 0 Å². The predicted molar refractivity (Wildman–Crippen MR) is 73.4 cm³/mol. The molecule has 0 saturated heterocycles. The number of rotatable bonds is 3. The van der Waals surface area contributed by atoms with Crippen molar-refractivity contribution in [3.8, 4) is 0 Å². The van der Waals surface area contributed by atoms with Crippen LogP contribution in [0.2, 0.25) is 0 Å². The molecule has 0 bridgehead atoms. The third-order valence-electron chi connectivity index (χ3n) is 3.93. The zero-order valence-corrected chi connectivity index (χ0v) is 11.5. The van der Waals surface area contributed by atoms with Gasteiger partial charge < -0.3 is 10.3 Å². The number of halogens is 1. The van der Waals surface area contributed by atoms with Gasteiger partial charge in [-0.2, -0.15) is 0 Å². The Morgan fingerprint density at radius 3 is 3.05 bits per heavy atom. The van der Waals surface area contributed by atoms with Crippen LogP contribution < -0.4 is 5.73 Å². The zero-order valence-electron chi connectivity index (χ0n) is 11.5. The van der Waals surface area contributed by atoms with Crippen LogP contribution in [-0.4, -0.2) is 32.8 Å². The summed E-state index contributed by atoms with van der Waals surface area (Å²) in [5.41, 5.74) is 7.97. The van der Waals surface area contributed by atoms with Gasteiger partial charge in [-0.1, -0.05) is 6.07 Å². The van der Waals surface area contributed by atoms with Crippen LogP contribution in [-0.2, 0) is 13.1 Å². The van der Waals surface area contributed by atoms with Crippen LogP contribution in [0.15, 0.2) is 24.5 Å². The Kier molecular flexibility index (Phi) is 3.50. The monoisotopic (exact) mass is 275 g/mol. The van der Waals surface area contributed by atoms with Gasteiger partial charge >= 0.3 is 0 Å². The summed E-state index contributed by atoms with van der Waals surface area (Å²) < 4.78 is 15.6. The molecule has 1 aliphatic rings. The third-order valence-corrected chi connectivity index (χ3v) is 3.93. The molecule has 6 heteroatoms. The summed E-state index contributed by atoms with van der Waals surface area (Å²) in [4.78, 5) is 2.24. The number of nitrogens with zero attached hydrogens (tertiary/aromatic N) is 4.